The minimum absolute atomic E-state index is 0.00864. The minimum atomic E-state index is -0.358. The van der Waals surface area contributed by atoms with Gasteiger partial charge in [0, 0.05) is 37.6 Å². The van der Waals surface area contributed by atoms with Gasteiger partial charge in [0.15, 0.2) is 0 Å². The van der Waals surface area contributed by atoms with Crippen LogP contribution in [0.2, 0.25) is 0 Å². The SMILES string of the molecule is CC(C)n1ncn(-c2ccc(N3CCN([C@H](C(=O)Nc4ccc5c(c4)CCC5)c4ccccc4)CC3)cc2)c1=O. The van der Waals surface area contributed by atoms with E-state index < -0.39 is 0 Å². The van der Waals surface area contributed by atoms with Gasteiger partial charge in [-0.3, -0.25) is 9.69 Å². The number of nitrogens with zero attached hydrogens (tertiary/aromatic N) is 5. The van der Waals surface area contributed by atoms with E-state index in [2.05, 4.69) is 44.5 Å². The molecule has 1 atom stereocenters. The van der Waals surface area contributed by atoms with E-state index in [4.69, 9.17) is 0 Å². The topological polar surface area (TPSA) is 75.4 Å². The Labute approximate surface area is 234 Å². The normalized spacial score (nSPS) is 16.2. The van der Waals surface area contributed by atoms with Gasteiger partial charge >= 0.3 is 5.69 Å². The van der Waals surface area contributed by atoms with Crippen LogP contribution in [0.15, 0.2) is 83.9 Å². The van der Waals surface area contributed by atoms with E-state index in [1.54, 1.807) is 10.9 Å². The Bertz CT molecular complexity index is 1530. The van der Waals surface area contributed by atoms with Crippen molar-refractivity contribution in [2.75, 3.05) is 36.4 Å². The highest BCUT2D eigenvalue weighted by molar-refractivity contribution is 5.95. The van der Waals surface area contributed by atoms with Gasteiger partial charge in [-0.15, -0.1) is 0 Å². The van der Waals surface area contributed by atoms with Gasteiger partial charge in [0.1, 0.15) is 12.4 Å². The number of fused-ring (bicyclic) bond motifs is 1. The molecule has 0 saturated carbocycles. The summed E-state index contributed by atoms with van der Waals surface area (Å²) in [7, 11) is 0. The number of anilines is 2. The minimum Gasteiger partial charge on any atom is -0.369 e. The van der Waals surface area contributed by atoms with Crippen molar-refractivity contribution in [3.8, 4) is 5.69 Å². The second kappa shape index (κ2) is 11.1. The summed E-state index contributed by atoms with van der Waals surface area (Å²) in [6.07, 6.45) is 4.98. The van der Waals surface area contributed by atoms with Crippen LogP contribution < -0.4 is 15.9 Å². The quantitative estimate of drug-likeness (QED) is 0.374. The summed E-state index contributed by atoms with van der Waals surface area (Å²) in [5.74, 6) is 0.00864. The number of rotatable bonds is 7. The molecule has 1 aromatic heterocycles. The Morgan fingerprint density at radius 3 is 2.25 bits per heavy atom. The fourth-order valence-corrected chi connectivity index (χ4v) is 5.93. The molecule has 2 aliphatic rings. The molecule has 8 nitrogen and oxygen atoms in total. The zero-order valence-corrected chi connectivity index (χ0v) is 23.2. The second-order valence-corrected chi connectivity index (χ2v) is 11.0. The van der Waals surface area contributed by atoms with E-state index in [1.165, 1.54) is 22.2 Å². The molecule has 3 aromatic carbocycles. The van der Waals surface area contributed by atoms with Gasteiger partial charge in [0.2, 0.25) is 5.91 Å². The number of amides is 1. The molecule has 4 aromatic rings. The third-order valence-corrected chi connectivity index (χ3v) is 8.08. The van der Waals surface area contributed by atoms with Crippen LogP contribution >= 0.6 is 0 Å². The summed E-state index contributed by atoms with van der Waals surface area (Å²) in [6, 6.07) is 24.1. The lowest BCUT2D eigenvalue weighted by Crippen LogP contribution is -2.50. The highest BCUT2D eigenvalue weighted by Gasteiger charge is 2.31. The van der Waals surface area contributed by atoms with Crippen molar-refractivity contribution < 1.29 is 4.79 Å². The molecule has 1 N–H and O–H groups in total. The summed E-state index contributed by atoms with van der Waals surface area (Å²) in [4.78, 5) is 31.0. The molecular weight excluding hydrogens is 500 g/mol. The first-order valence-electron chi connectivity index (χ1n) is 14.2. The van der Waals surface area contributed by atoms with Gasteiger partial charge in [-0.25, -0.2) is 14.0 Å². The third-order valence-electron chi connectivity index (χ3n) is 8.08. The molecule has 0 unspecified atom stereocenters. The Kier molecular flexibility index (Phi) is 7.26. The number of carbonyl (C=O) groups is 1. The average molecular weight is 537 g/mol. The van der Waals surface area contributed by atoms with E-state index in [-0.39, 0.29) is 23.7 Å². The van der Waals surface area contributed by atoms with Gasteiger partial charge < -0.3 is 10.2 Å². The lowest BCUT2D eigenvalue weighted by Gasteiger charge is -2.39. The van der Waals surface area contributed by atoms with Gasteiger partial charge in [0.25, 0.3) is 0 Å². The molecule has 2 heterocycles. The van der Waals surface area contributed by atoms with Crippen LogP contribution in [0.4, 0.5) is 11.4 Å². The lowest BCUT2D eigenvalue weighted by molar-refractivity contribution is -0.121. The van der Waals surface area contributed by atoms with Crippen molar-refractivity contribution in [1.82, 2.24) is 19.2 Å². The molecule has 1 aliphatic carbocycles. The number of piperazine rings is 1. The maximum atomic E-state index is 13.7. The second-order valence-electron chi connectivity index (χ2n) is 11.0. The molecule has 8 heteroatoms. The zero-order valence-electron chi connectivity index (χ0n) is 23.2. The fraction of sp³-hybridized carbons (Fsp3) is 0.344. The van der Waals surface area contributed by atoms with Crippen molar-refractivity contribution in [1.29, 1.82) is 0 Å². The van der Waals surface area contributed by atoms with Gasteiger partial charge in [-0.1, -0.05) is 36.4 Å². The fourth-order valence-electron chi connectivity index (χ4n) is 5.93. The monoisotopic (exact) mass is 536 g/mol. The number of nitrogens with one attached hydrogen (secondary N) is 1. The predicted octanol–water partition coefficient (Wildman–Crippen LogP) is 4.61. The van der Waals surface area contributed by atoms with Crippen molar-refractivity contribution in [2.24, 2.45) is 0 Å². The lowest BCUT2D eigenvalue weighted by atomic mass is 10.0. The molecule has 0 spiro atoms. The van der Waals surface area contributed by atoms with Crippen molar-refractivity contribution >= 4 is 17.3 Å². The molecule has 206 valence electrons. The zero-order chi connectivity index (χ0) is 27.6. The highest BCUT2D eigenvalue weighted by atomic mass is 16.2. The number of benzene rings is 3. The largest absolute Gasteiger partial charge is 0.369 e. The van der Waals surface area contributed by atoms with E-state index in [0.717, 1.165) is 61.6 Å². The molecular formula is C32H36N6O2. The van der Waals surface area contributed by atoms with Crippen LogP contribution in [0.1, 0.15) is 49.0 Å². The molecule has 40 heavy (non-hydrogen) atoms. The standard InChI is InChI=1S/C32H36N6O2/c1-23(2)38-32(40)37(22-33-38)29-15-13-28(14-16-29)35-17-19-36(20-18-35)30(25-7-4-3-5-8-25)31(39)34-27-12-11-24-9-6-10-26(24)21-27/h3-5,7-8,11-16,21-23,30H,6,9-10,17-20H2,1-2H3,(H,34,39)/t30-/m0/s1. The maximum Gasteiger partial charge on any atom is 0.350 e. The third kappa shape index (κ3) is 5.19. The van der Waals surface area contributed by atoms with Crippen molar-refractivity contribution in [3.05, 3.63) is 106 Å². The smallest absolute Gasteiger partial charge is 0.350 e. The Balaban J connectivity index is 1.15. The van der Waals surface area contributed by atoms with E-state index in [0.29, 0.717) is 0 Å². The molecule has 1 aliphatic heterocycles. The van der Waals surface area contributed by atoms with Crippen LogP contribution in [0.3, 0.4) is 0 Å². The predicted molar refractivity (Wildman–Crippen MR) is 158 cm³/mol. The maximum absolute atomic E-state index is 13.7. The van der Waals surface area contributed by atoms with Crippen molar-refractivity contribution in [3.63, 3.8) is 0 Å². The van der Waals surface area contributed by atoms with Crippen LogP contribution in [0.25, 0.3) is 5.69 Å². The number of hydrogen-bond donors (Lipinski definition) is 1. The van der Waals surface area contributed by atoms with Crippen LogP contribution in [0, 0.1) is 0 Å². The van der Waals surface area contributed by atoms with Crippen LogP contribution in [0.5, 0.6) is 0 Å². The van der Waals surface area contributed by atoms with Gasteiger partial charge in [-0.2, -0.15) is 5.10 Å². The van der Waals surface area contributed by atoms with Crippen LogP contribution in [-0.4, -0.2) is 51.3 Å². The number of carbonyl (C=O) groups excluding carboxylic acids is 1. The summed E-state index contributed by atoms with van der Waals surface area (Å²) in [5, 5.41) is 7.44. The molecule has 1 saturated heterocycles. The van der Waals surface area contributed by atoms with E-state index in [9.17, 15) is 9.59 Å². The number of hydrogen-bond acceptors (Lipinski definition) is 5. The number of aromatic nitrogens is 3. The average Bonchev–Trinajstić information content (AvgIpc) is 3.60. The first kappa shape index (κ1) is 26.1. The summed E-state index contributed by atoms with van der Waals surface area (Å²) in [6.45, 7) is 7.03. The highest BCUT2D eigenvalue weighted by Crippen LogP contribution is 2.29. The van der Waals surface area contributed by atoms with E-state index in [1.807, 2.05) is 62.4 Å². The molecule has 0 radical (unpaired) electrons. The number of aryl methyl sites for hydroxylation is 2. The first-order chi connectivity index (χ1) is 19.5. The van der Waals surface area contributed by atoms with E-state index >= 15 is 0 Å². The summed E-state index contributed by atoms with van der Waals surface area (Å²) < 4.78 is 3.06. The summed E-state index contributed by atoms with van der Waals surface area (Å²) >= 11 is 0. The van der Waals surface area contributed by atoms with Crippen molar-refractivity contribution in [2.45, 2.75) is 45.2 Å². The first-order valence-corrected chi connectivity index (χ1v) is 14.2. The molecule has 6 rings (SSSR count). The van der Waals surface area contributed by atoms with Crippen LogP contribution in [-0.2, 0) is 17.6 Å². The van der Waals surface area contributed by atoms with Gasteiger partial charge in [0.05, 0.1) is 11.7 Å². The Morgan fingerprint density at radius 1 is 0.850 bits per heavy atom. The Morgan fingerprint density at radius 2 is 1.55 bits per heavy atom. The molecule has 0 bridgehead atoms. The Hall–Kier alpha value is -4.17. The molecule has 1 fully saturated rings. The van der Waals surface area contributed by atoms with Gasteiger partial charge in [-0.05, 0) is 86.2 Å². The summed E-state index contributed by atoms with van der Waals surface area (Å²) in [5.41, 5.74) is 6.40. The molecule has 1 amide bonds.